The van der Waals surface area contributed by atoms with Crippen LogP contribution in [0.5, 0.6) is 0 Å². The molecule has 2 amide bonds. The zero-order valence-electron chi connectivity index (χ0n) is 20.9. The van der Waals surface area contributed by atoms with Crippen molar-refractivity contribution in [3.05, 3.63) is 63.6 Å². The minimum absolute atomic E-state index is 0.0967. The fraction of sp³-hybridized carbons (Fsp3) is 0.360. The second kappa shape index (κ2) is 13.3. The van der Waals surface area contributed by atoms with Crippen LogP contribution in [0.25, 0.3) is 11.0 Å². The molecule has 3 aromatic rings. The summed E-state index contributed by atoms with van der Waals surface area (Å²) in [4.78, 5) is 41.2. The molecule has 1 unspecified atom stereocenters. The number of amides is 2. The number of benzene rings is 1. The van der Waals surface area contributed by atoms with E-state index in [0.29, 0.717) is 30.1 Å². The smallest absolute Gasteiger partial charge is 0.475 e. The highest BCUT2D eigenvalue weighted by Crippen LogP contribution is 2.24. The van der Waals surface area contributed by atoms with Crippen molar-refractivity contribution in [3.63, 3.8) is 0 Å². The van der Waals surface area contributed by atoms with E-state index in [9.17, 15) is 27.2 Å². The van der Waals surface area contributed by atoms with Crippen LogP contribution in [-0.4, -0.2) is 57.7 Å². The number of nitrogens with one attached hydrogen (secondary N) is 4. The van der Waals surface area contributed by atoms with Crippen LogP contribution < -0.4 is 16.0 Å². The number of halogens is 6. The Hall–Kier alpha value is -3.42. The van der Waals surface area contributed by atoms with Crippen molar-refractivity contribution in [1.29, 1.82) is 0 Å². The highest BCUT2D eigenvalue weighted by Gasteiger charge is 2.38. The van der Waals surface area contributed by atoms with Gasteiger partial charge in [-0.25, -0.2) is 14.2 Å². The number of aromatic amines is 1. The Morgan fingerprint density at radius 1 is 1.18 bits per heavy atom. The molecular formula is C25H25Cl2F4N5O4. The number of hydrogen-bond acceptors (Lipinski definition) is 5. The molecule has 0 bridgehead atoms. The molecule has 3 atom stereocenters. The van der Waals surface area contributed by atoms with Crippen LogP contribution in [0.1, 0.15) is 24.5 Å². The summed E-state index contributed by atoms with van der Waals surface area (Å²) < 4.78 is 45.1. The number of nitrogens with zero attached hydrogens (tertiary/aromatic N) is 1. The Bertz CT molecular complexity index is 1380. The van der Waals surface area contributed by atoms with Gasteiger partial charge in [-0.1, -0.05) is 29.3 Å². The normalized spacial score (nSPS) is 17.6. The highest BCUT2D eigenvalue weighted by molar-refractivity contribution is 6.35. The van der Waals surface area contributed by atoms with Gasteiger partial charge in [0.15, 0.2) is 0 Å². The Kier molecular flexibility index (Phi) is 10.3. The molecule has 15 heteroatoms. The summed E-state index contributed by atoms with van der Waals surface area (Å²) in [5.41, 5.74) is 2.41. The Morgan fingerprint density at radius 3 is 2.52 bits per heavy atom. The van der Waals surface area contributed by atoms with Crippen molar-refractivity contribution in [2.24, 2.45) is 5.92 Å². The Morgan fingerprint density at radius 2 is 1.88 bits per heavy atom. The Balaban J connectivity index is 0.000000559. The fourth-order valence-electron chi connectivity index (χ4n) is 4.00. The van der Waals surface area contributed by atoms with Crippen molar-refractivity contribution >= 4 is 52.0 Å². The second-order valence-electron chi connectivity index (χ2n) is 9.14. The average Bonchev–Trinajstić information content (AvgIpc) is 3.51. The Labute approximate surface area is 235 Å². The van der Waals surface area contributed by atoms with E-state index in [1.807, 2.05) is 6.07 Å². The number of aliphatic carboxylic acids is 1. The largest absolute Gasteiger partial charge is 0.490 e. The first-order chi connectivity index (χ1) is 18.7. The van der Waals surface area contributed by atoms with Crippen molar-refractivity contribution in [2.75, 3.05) is 6.54 Å². The molecule has 1 aromatic carbocycles. The summed E-state index contributed by atoms with van der Waals surface area (Å²) in [7, 11) is 0. The van der Waals surface area contributed by atoms with Gasteiger partial charge < -0.3 is 26.0 Å². The van der Waals surface area contributed by atoms with Crippen LogP contribution in [0.3, 0.4) is 0 Å². The molecule has 0 saturated carbocycles. The van der Waals surface area contributed by atoms with Gasteiger partial charge >= 0.3 is 12.1 Å². The molecule has 4 rings (SSSR count). The molecule has 0 aliphatic carbocycles. The van der Waals surface area contributed by atoms with Gasteiger partial charge in [0.05, 0.1) is 16.1 Å². The SMILES string of the molecule is CC(NC(=O)[C@H]1C[C@H](Cc2ccc(F)c(Cl)c2)CN1)C(=O)NCc1cnc2[nH]cc(Cl)c2c1.O=C(O)C(F)(F)F. The zero-order valence-corrected chi connectivity index (χ0v) is 22.4. The number of hydrogen-bond donors (Lipinski definition) is 5. The molecule has 5 N–H and O–H groups in total. The summed E-state index contributed by atoms with van der Waals surface area (Å²) in [6.45, 7) is 2.57. The molecule has 1 aliphatic heterocycles. The van der Waals surface area contributed by atoms with Crippen molar-refractivity contribution < 1.29 is 37.1 Å². The lowest BCUT2D eigenvalue weighted by atomic mass is 9.96. The maximum Gasteiger partial charge on any atom is 0.490 e. The molecule has 9 nitrogen and oxygen atoms in total. The average molecular weight is 606 g/mol. The minimum Gasteiger partial charge on any atom is -0.475 e. The zero-order chi connectivity index (χ0) is 29.6. The third kappa shape index (κ3) is 8.54. The van der Waals surface area contributed by atoms with Crippen LogP contribution in [-0.2, 0) is 27.3 Å². The molecule has 0 radical (unpaired) electrons. The number of carboxylic acids is 1. The number of H-pyrrole nitrogens is 1. The van der Waals surface area contributed by atoms with Crippen LogP contribution in [0.2, 0.25) is 10.0 Å². The van der Waals surface area contributed by atoms with Gasteiger partial charge in [-0.15, -0.1) is 0 Å². The highest BCUT2D eigenvalue weighted by atomic mass is 35.5. The maximum absolute atomic E-state index is 13.3. The van der Waals surface area contributed by atoms with E-state index in [4.69, 9.17) is 33.1 Å². The maximum atomic E-state index is 13.3. The predicted molar refractivity (Wildman–Crippen MR) is 139 cm³/mol. The lowest BCUT2D eigenvalue weighted by molar-refractivity contribution is -0.192. The van der Waals surface area contributed by atoms with Gasteiger partial charge in [-0.3, -0.25) is 9.59 Å². The molecule has 1 fully saturated rings. The number of carbonyl (C=O) groups excluding carboxylic acids is 2. The first-order valence-electron chi connectivity index (χ1n) is 11.9. The lowest BCUT2D eigenvalue weighted by Gasteiger charge is -2.17. The van der Waals surface area contributed by atoms with Gasteiger partial charge in [-0.05, 0) is 61.6 Å². The monoisotopic (exact) mass is 605 g/mol. The van der Waals surface area contributed by atoms with Gasteiger partial charge in [-0.2, -0.15) is 13.2 Å². The number of rotatable bonds is 7. The van der Waals surface area contributed by atoms with Gasteiger partial charge in [0, 0.05) is 24.3 Å². The van der Waals surface area contributed by atoms with Crippen LogP contribution in [0.15, 0.2) is 36.7 Å². The van der Waals surface area contributed by atoms with E-state index < -0.39 is 24.0 Å². The molecular weight excluding hydrogens is 581 g/mol. The summed E-state index contributed by atoms with van der Waals surface area (Å²) in [5.74, 6) is -3.50. The first kappa shape index (κ1) is 31.1. The number of aromatic nitrogens is 2. The van der Waals surface area contributed by atoms with E-state index in [-0.39, 0.29) is 35.3 Å². The number of fused-ring (bicyclic) bond motifs is 1. The van der Waals surface area contributed by atoms with Gasteiger partial charge in [0.2, 0.25) is 11.8 Å². The van der Waals surface area contributed by atoms with Crippen molar-refractivity contribution in [3.8, 4) is 0 Å². The summed E-state index contributed by atoms with van der Waals surface area (Å²) >= 11 is 12.0. The van der Waals surface area contributed by atoms with Crippen LogP contribution in [0, 0.1) is 11.7 Å². The van der Waals surface area contributed by atoms with E-state index >= 15 is 0 Å². The molecule has 1 saturated heterocycles. The summed E-state index contributed by atoms with van der Waals surface area (Å²) in [6.07, 6.45) is -0.445. The fourth-order valence-corrected chi connectivity index (χ4v) is 4.40. The van der Waals surface area contributed by atoms with Gasteiger partial charge in [0.1, 0.15) is 17.5 Å². The number of carboxylic acid groups (broad SMARTS) is 1. The topological polar surface area (TPSA) is 136 Å². The molecule has 40 heavy (non-hydrogen) atoms. The predicted octanol–water partition coefficient (Wildman–Crippen LogP) is 3.98. The second-order valence-corrected chi connectivity index (χ2v) is 9.96. The van der Waals surface area contributed by atoms with Crippen molar-refractivity contribution in [2.45, 2.75) is 44.6 Å². The summed E-state index contributed by atoms with van der Waals surface area (Å²) in [6, 6.07) is 5.46. The number of carbonyl (C=O) groups is 3. The number of pyridine rings is 1. The molecule has 0 spiro atoms. The van der Waals surface area contributed by atoms with E-state index in [1.54, 1.807) is 31.5 Å². The standard InChI is InChI=1S/C23H24Cl2FN5O2.C2HF3O2/c1-12(22(32)30-10-15-5-16-18(25)11-29-21(16)28-9-15)31-23(33)20-7-14(8-27-20)4-13-2-3-19(26)17(24)6-13;3-2(4,5)1(6)7/h2-3,5-6,9,11-12,14,20,27H,4,7-8,10H2,1H3,(H,28,29)(H,30,32)(H,31,33);(H,6,7)/t12?,14-,20+;/m0./s1. The first-order valence-corrected chi connectivity index (χ1v) is 12.7. The quantitative estimate of drug-likeness (QED) is 0.258. The van der Waals surface area contributed by atoms with Crippen LogP contribution in [0.4, 0.5) is 17.6 Å². The van der Waals surface area contributed by atoms with E-state index in [1.165, 1.54) is 6.07 Å². The minimum atomic E-state index is -5.08. The van der Waals surface area contributed by atoms with Crippen LogP contribution >= 0.6 is 23.2 Å². The van der Waals surface area contributed by atoms with Gasteiger partial charge in [0.25, 0.3) is 0 Å². The number of alkyl halides is 3. The van der Waals surface area contributed by atoms with E-state index in [0.717, 1.165) is 16.5 Å². The van der Waals surface area contributed by atoms with E-state index in [2.05, 4.69) is 25.9 Å². The van der Waals surface area contributed by atoms with Crippen molar-refractivity contribution in [1.82, 2.24) is 25.9 Å². The summed E-state index contributed by atoms with van der Waals surface area (Å²) in [5, 5.41) is 17.4. The third-order valence-electron chi connectivity index (χ3n) is 6.05. The molecule has 216 valence electrons. The lowest BCUT2D eigenvalue weighted by Crippen LogP contribution is -2.49. The molecule has 1 aliphatic rings. The third-order valence-corrected chi connectivity index (χ3v) is 6.65. The molecule has 2 aromatic heterocycles. The molecule has 3 heterocycles.